The van der Waals surface area contributed by atoms with E-state index < -0.39 is 0 Å². The van der Waals surface area contributed by atoms with Gasteiger partial charge in [0.15, 0.2) is 0 Å². The quantitative estimate of drug-likeness (QED) is 0.425. The standard InChI is InChI=1S/C27H33N5O2S/c1-20-10-14-32(15-11-20)26(33)24-16-23(29-19-31-12-6-3-7-13-31)25(35-24)27(34)30(2)18-22-9-5-4-8-21(22)17-28/h4-5,8-9,16,19-20H,3,6-7,10-15,18H2,1-2H3/b29-19+. The highest BCUT2D eigenvalue weighted by Gasteiger charge is 2.27. The van der Waals surface area contributed by atoms with E-state index in [2.05, 4.69) is 22.9 Å². The Morgan fingerprint density at radius 1 is 1.17 bits per heavy atom. The number of piperidine rings is 2. The maximum atomic E-state index is 13.5. The first-order valence-corrected chi connectivity index (χ1v) is 13.2. The fourth-order valence-electron chi connectivity index (χ4n) is 4.55. The van der Waals surface area contributed by atoms with E-state index in [0.717, 1.165) is 57.4 Å². The minimum Gasteiger partial charge on any atom is -0.363 e. The van der Waals surface area contributed by atoms with Gasteiger partial charge in [-0.1, -0.05) is 25.1 Å². The second-order valence-corrected chi connectivity index (χ2v) is 10.6. The largest absolute Gasteiger partial charge is 0.363 e. The van der Waals surface area contributed by atoms with Crippen molar-refractivity contribution < 1.29 is 9.59 Å². The molecule has 3 heterocycles. The minimum atomic E-state index is -0.195. The Balaban J connectivity index is 1.58. The average Bonchev–Trinajstić information content (AvgIpc) is 3.32. The third-order valence-corrected chi connectivity index (χ3v) is 7.93. The molecule has 0 atom stereocenters. The summed E-state index contributed by atoms with van der Waals surface area (Å²) in [5.41, 5.74) is 1.89. The number of carbonyl (C=O) groups excluding carboxylic acids is 2. The molecule has 0 spiro atoms. The molecule has 0 N–H and O–H groups in total. The van der Waals surface area contributed by atoms with E-state index in [1.165, 1.54) is 17.8 Å². The molecule has 2 aromatic rings. The summed E-state index contributed by atoms with van der Waals surface area (Å²) in [5.74, 6) is 0.418. The van der Waals surface area contributed by atoms with Crippen molar-refractivity contribution in [1.82, 2.24) is 14.7 Å². The number of hydrogen-bond donors (Lipinski definition) is 0. The van der Waals surface area contributed by atoms with Gasteiger partial charge in [-0.3, -0.25) is 9.59 Å². The zero-order valence-corrected chi connectivity index (χ0v) is 21.4. The topological polar surface area (TPSA) is 80.0 Å². The number of nitriles is 1. The third kappa shape index (κ3) is 6.09. The van der Waals surface area contributed by atoms with Gasteiger partial charge in [-0.15, -0.1) is 11.3 Å². The second kappa shape index (κ2) is 11.5. The second-order valence-electron chi connectivity index (χ2n) is 9.57. The summed E-state index contributed by atoms with van der Waals surface area (Å²) in [6.07, 6.45) is 7.33. The average molecular weight is 492 g/mol. The van der Waals surface area contributed by atoms with Crippen LogP contribution < -0.4 is 0 Å². The molecule has 0 saturated carbocycles. The SMILES string of the molecule is CC1CCN(C(=O)c2cc(/N=C/N3CCCCC3)c(C(=O)N(C)Cc3ccccc3C#N)s2)CC1. The summed E-state index contributed by atoms with van der Waals surface area (Å²) in [6.45, 7) is 5.94. The van der Waals surface area contributed by atoms with Crippen LogP contribution >= 0.6 is 11.3 Å². The molecule has 0 unspecified atom stereocenters. The summed E-state index contributed by atoms with van der Waals surface area (Å²) in [4.78, 5) is 38.1. The van der Waals surface area contributed by atoms with Crippen molar-refractivity contribution in [3.8, 4) is 6.07 Å². The highest BCUT2D eigenvalue weighted by molar-refractivity contribution is 7.16. The Bertz CT molecular complexity index is 1120. The lowest BCUT2D eigenvalue weighted by Gasteiger charge is -2.29. The van der Waals surface area contributed by atoms with E-state index in [9.17, 15) is 14.9 Å². The molecule has 2 aliphatic rings. The van der Waals surface area contributed by atoms with Gasteiger partial charge in [-0.05, 0) is 55.7 Å². The van der Waals surface area contributed by atoms with Crippen molar-refractivity contribution in [1.29, 1.82) is 5.26 Å². The molecule has 184 valence electrons. The predicted molar refractivity (Wildman–Crippen MR) is 139 cm³/mol. The van der Waals surface area contributed by atoms with Crippen LogP contribution in [-0.2, 0) is 6.54 Å². The molecular formula is C27H33N5O2S. The van der Waals surface area contributed by atoms with Crippen LogP contribution in [0.3, 0.4) is 0 Å². The first kappa shape index (κ1) is 24.9. The van der Waals surface area contributed by atoms with Gasteiger partial charge in [0.2, 0.25) is 0 Å². The zero-order chi connectivity index (χ0) is 24.8. The highest BCUT2D eigenvalue weighted by Crippen LogP contribution is 2.33. The molecule has 1 aromatic heterocycles. The summed E-state index contributed by atoms with van der Waals surface area (Å²) in [5, 5.41) is 9.41. The molecule has 0 radical (unpaired) electrons. The number of thiophene rings is 1. The number of carbonyl (C=O) groups is 2. The van der Waals surface area contributed by atoms with Crippen molar-refractivity contribution in [2.24, 2.45) is 10.9 Å². The van der Waals surface area contributed by atoms with E-state index in [-0.39, 0.29) is 11.8 Å². The van der Waals surface area contributed by atoms with Gasteiger partial charge in [-0.25, -0.2) is 4.99 Å². The number of benzene rings is 1. The Labute approximate surface area is 211 Å². The fraction of sp³-hybridized carbons (Fsp3) is 0.481. The fourth-order valence-corrected chi connectivity index (χ4v) is 5.62. The molecule has 0 aliphatic carbocycles. The molecule has 2 amide bonds. The van der Waals surface area contributed by atoms with E-state index in [1.54, 1.807) is 24.1 Å². The summed E-state index contributed by atoms with van der Waals surface area (Å²) in [6, 6.07) is 11.3. The zero-order valence-electron chi connectivity index (χ0n) is 20.6. The number of likely N-dealkylation sites (tertiary alicyclic amines) is 2. The van der Waals surface area contributed by atoms with Crippen LogP contribution in [0, 0.1) is 17.2 Å². The molecule has 35 heavy (non-hydrogen) atoms. The molecule has 2 aliphatic heterocycles. The van der Waals surface area contributed by atoms with Crippen LogP contribution in [0.5, 0.6) is 0 Å². The molecule has 8 heteroatoms. The number of rotatable bonds is 6. The number of aliphatic imine (C=N–C) groups is 1. The van der Waals surface area contributed by atoms with Crippen molar-refractivity contribution in [3.63, 3.8) is 0 Å². The van der Waals surface area contributed by atoms with Gasteiger partial charge >= 0.3 is 0 Å². The van der Waals surface area contributed by atoms with Crippen molar-refractivity contribution in [2.75, 3.05) is 33.2 Å². The monoisotopic (exact) mass is 491 g/mol. The van der Waals surface area contributed by atoms with Crippen LogP contribution in [0.25, 0.3) is 0 Å². The van der Waals surface area contributed by atoms with Gasteiger partial charge in [0, 0.05) is 39.8 Å². The molecule has 7 nitrogen and oxygen atoms in total. The van der Waals surface area contributed by atoms with Gasteiger partial charge in [-0.2, -0.15) is 5.26 Å². The number of hydrogen-bond acceptors (Lipinski definition) is 5. The lowest BCUT2D eigenvalue weighted by Crippen LogP contribution is -2.37. The predicted octanol–water partition coefficient (Wildman–Crippen LogP) is 4.91. The van der Waals surface area contributed by atoms with Crippen LogP contribution in [0.1, 0.15) is 69.5 Å². The summed E-state index contributed by atoms with van der Waals surface area (Å²) in [7, 11) is 1.72. The van der Waals surface area contributed by atoms with Crippen LogP contribution in [0.4, 0.5) is 5.69 Å². The lowest BCUT2D eigenvalue weighted by atomic mass is 9.99. The molecular weight excluding hydrogens is 458 g/mol. The maximum Gasteiger partial charge on any atom is 0.266 e. The minimum absolute atomic E-state index is 0.0205. The maximum absolute atomic E-state index is 13.5. The Hall–Kier alpha value is -3.18. The van der Waals surface area contributed by atoms with Crippen LogP contribution in [0.15, 0.2) is 35.3 Å². The first-order chi connectivity index (χ1) is 17.0. The van der Waals surface area contributed by atoms with Crippen molar-refractivity contribution in [2.45, 2.75) is 45.6 Å². The van der Waals surface area contributed by atoms with E-state index in [1.807, 2.05) is 29.4 Å². The van der Waals surface area contributed by atoms with Gasteiger partial charge < -0.3 is 14.7 Å². The van der Waals surface area contributed by atoms with E-state index in [4.69, 9.17) is 0 Å². The van der Waals surface area contributed by atoms with E-state index >= 15 is 0 Å². The normalized spacial score (nSPS) is 16.9. The van der Waals surface area contributed by atoms with Gasteiger partial charge in [0.1, 0.15) is 4.88 Å². The van der Waals surface area contributed by atoms with Crippen molar-refractivity contribution in [3.05, 3.63) is 51.2 Å². The molecule has 1 aromatic carbocycles. The highest BCUT2D eigenvalue weighted by atomic mass is 32.1. The smallest absolute Gasteiger partial charge is 0.266 e. The Morgan fingerprint density at radius 3 is 2.60 bits per heavy atom. The third-order valence-electron chi connectivity index (χ3n) is 6.83. The molecule has 0 bridgehead atoms. The summed E-state index contributed by atoms with van der Waals surface area (Å²) < 4.78 is 0. The first-order valence-electron chi connectivity index (χ1n) is 12.4. The van der Waals surface area contributed by atoms with Gasteiger partial charge in [0.25, 0.3) is 11.8 Å². The Morgan fingerprint density at radius 2 is 1.89 bits per heavy atom. The number of amides is 2. The van der Waals surface area contributed by atoms with E-state index in [0.29, 0.717) is 33.5 Å². The van der Waals surface area contributed by atoms with Crippen molar-refractivity contribution >= 4 is 35.2 Å². The van der Waals surface area contributed by atoms with Crippen LogP contribution in [-0.4, -0.2) is 66.1 Å². The molecule has 4 rings (SSSR count). The lowest BCUT2D eigenvalue weighted by molar-refractivity contribution is 0.0702. The van der Waals surface area contributed by atoms with Crippen LogP contribution in [0.2, 0.25) is 0 Å². The molecule has 2 fully saturated rings. The Kier molecular flexibility index (Phi) is 8.19. The van der Waals surface area contributed by atoms with Gasteiger partial charge in [0.05, 0.1) is 28.5 Å². The number of nitrogens with zero attached hydrogens (tertiary/aromatic N) is 5. The molecule has 2 saturated heterocycles. The summed E-state index contributed by atoms with van der Waals surface area (Å²) >= 11 is 1.23.